The van der Waals surface area contributed by atoms with Crippen molar-refractivity contribution >= 4 is 33.8 Å². The standard InChI is InChI=1S/C21H27N3O2S/c1-4-24(5-2)15-12-10-14(11-13-15)19(25)23-21-18(20(26)22-3)16-8-6-7-9-17(16)27-21/h10-13H,4-9H2,1-3H3,(H,22,26)(H,23,25). The van der Waals surface area contributed by atoms with Gasteiger partial charge in [0.2, 0.25) is 0 Å². The van der Waals surface area contributed by atoms with E-state index < -0.39 is 0 Å². The van der Waals surface area contributed by atoms with Crippen LogP contribution in [-0.4, -0.2) is 32.0 Å². The fourth-order valence-corrected chi connectivity index (χ4v) is 4.89. The summed E-state index contributed by atoms with van der Waals surface area (Å²) in [6.45, 7) is 6.09. The number of rotatable bonds is 6. The molecule has 27 heavy (non-hydrogen) atoms. The summed E-state index contributed by atoms with van der Waals surface area (Å²) in [5.74, 6) is -0.300. The van der Waals surface area contributed by atoms with E-state index in [1.807, 2.05) is 24.3 Å². The van der Waals surface area contributed by atoms with Crippen LogP contribution in [0.25, 0.3) is 0 Å². The number of benzene rings is 1. The molecule has 3 rings (SSSR count). The van der Waals surface area contributed by atoms with Crippen LogP contribution in [0, 0.1) is 0 Å². The molecule has 0 radical (unpaired) electrons. The summed E-state index contributed by atoms with van der Waals surface area (Å²) in [6, 6.07) is 7.63. The Bertz CT molecular complexity index is 823. The molecule has 1 aromatic heterocycles. The molecule has 0 saturated heterocycles. The van der Waals surface area contributed by atoms with Gasteiger partial charge in [-0.25, -0.2) is 0 Å². The zero-order valence-electron chi connectivity index (χ0n) is 16.2. The van der Waals surface area contributed by atoms with E-state index in [-0.39, 0.29) is 11.8 Å². The molecular formula is C21H27N3O2S. The molecule has 0 fully saturated rings. The SMILES string of the molecule is CCN(CC)c1ccc(C(=O)Nc2sc3c(c2C(=O)NC)CCCC3)cc1. The number of hydrogen-bond donors (Lipinski definition) is 2. The van der Waals surface area contributed by atoms with Crippen LogP contribution in [0.3, 0.4) is 0 Å². The van der Waals surface area contributed by atoms with E-state index >= 15 is 0 Å². The summed E-state index contributed by atoms with van der Waals surface area (Å²) < 4.78 is 0. The third-order valence-electron chi connectivity index (χ3n) is 5.11. The van der Waals surface area contributed by atoms with Gasteiger partial charge in [-0.05, 0) is 69.4 Å². The van der Waals surface area contributed by atoms with Gasteiger partial charge in [-0.1, -0.05) is 0 Å². The smallest absolute Gasteiger partial charge is 0.256 e. The molecule has 0 spiro atoms. The Balaban J connectivity index is 1.84. The van der Waals surface area contributed by atoms with E-state index in [2.05, 4.69) is 29.4 Å². The van der Waals surface area contributed by atoms with E-state index in [1.165, 1.54) is 4.88 Å². The zero-order valence-corrected chi connectivity index (χ0v) is 17.0. The van der Waals surface area contributed by atoms with Crippen LogP contribution < -0.4 is 15.5 Å². The first-order valence-electron chi connectivity index (χ1n) is 9.62. The van der Waals surface area contributed by atoms with Gasteiger partial charge in [0.1, 0.15) is 5.00 Å². The van der Waals surface area contributed by atoms with Gasteiger partial charge < -0.3 is 15.5 Å². The van der Waals surface area contributed by atoms with Crippen LogP contribution in [0.4, 0.5) is 10.7 Å². The topological polar surface area (TPSA) is 61.4 Å². The van der Waals surface area contributed by atoms with Crippen LogP contribution in [0.2, 0.25) is 0 Å². The van der Waals surface area contributed by atoms with E-state index in [0.29, 0.717) is 16.1 Å². The highest BCUT2D eigenvalue weighted by Crippen LogP contribution is 2.38. The molecule has 1 heterocycles. The molecule has 0 bridgehead atoms. The number of hydrogen-bond acceptors (Lipinski definition) is 4. The Labute approximate surface area is 164 Å². The molecule has 0 unspecified atom stereocenters. The Morgan fingerprint density at radius 3 is 2.33 bits per heavy atom. The number of thiophene rings is 1. The maximum absolute atomic E-state index is 12.8. The lowest BCUT2D eigenvalue weighted by molar-refractivity contribution is 0.0963. The summed E-state index contributed by atoms with van der Waals surface area (Å²) in [6.07, 6.45) is 4.12. The van der Waals surface area contributed by atoms with Crippen molar-refractivity contribution in [1.29, 1.82) is 0 Å². The van der Waals surface area contributed by atoms with Crippen molar-refractivity contribution in [2.75, 3.05) is 30.4 Å². The van der Waals surface area contributed by atoms with Gasteiger partial charge in [-0.2, -0.15) is 0 Å². The average Bonchev–Trinajstić information content (AvgIpc) is 3.06. The number of fused-ring (bicyclic) bond motifs is 1. The summed E-state index contributed by atoms with van der Waals surface area (Å²) >= 11 is 1.54. The quantitative estimate of drug-likeness (QED) is 0.787. The second-order valence-corrected chi connectivity index (χ2v) is 7.77. The third-order valence-corrected chi connectivity index (χ3v) is 6.32. The highest BCUT2D eigenvalue weighted by atomic mass is 32.1. The largest absolute Gasteiger partial charge is 0.372 e. The molecule has 2 aromatic rings. The van der Waals surface area contributed by atoms with Crippen molar-refractivity contribution in [2.24, 2.45) is 0 Å². The van der Waals surface area contributed by atoms with Crippen molar-refractivity contribution < 1.29 is 9.59 Å². The number of carbonyl (C=O) groups excluding carboxylic acids is 2. The van der Waals surface area contributed by atoms with Crippen molar-refractivity contribution in [2.45, 2.75) is 39.5 Å². The predicted octanol–water partition coefficient (Wildman–Crippen LogP) is 4.09. The second kappa shape index (κ2) is 8.57. The summed E-state index contributed by atoms with van der Waals surface area (Å²) in [5.41, 5.74) is 3.46. The fourth-order valence-electron chi connectivity index (χ4n) is 3.61. The van der Waals surface area contributed by atoms with Gasteiger partial charge in [0.25, 0.3) is 11.8 Å². The van der Waals surface area contributed by atoms with E-state index in [4.69, 9.17) is 0 Å². The third kappa shape index (κ3) is 4.00. The molecule has 6 heteroatoms. The van der Waals surface area contributed by atoms with E-state index in [1.54, 1.807) is 18.4 Å². The number of aryl methyl sites for hydroxylation is 1. The van der Waals surface area contributed by atoms with Gasteiger partial charge in [0, 0.05) is 36.3 Å². The molecule has 1 aromatic carbocycles. The first-order chi connectivity index (χ1) is 13.1. The van der Waals surface area contributed by atoms with Gasteiger partial charge in [-0.15, -0.1) is 11.3 Å². The lowest BCUT2D eigenvalue weighted by atomic mass is 9.95. The van der Waals surface area contributed by atoms with Crippen molar-refractivity contribution in [1.82, 2.24) is 5.32 Å². The van der Waals surface area contributed by atoms with Gasteiger partial charge in [0.15, 0.2) is 0 Å². The number of carbonyl (C=O) groups is 2. The van der Waals surface area contributed by atoms with Crippen LogP contribution in [0.1, 0.15) is 57.8 Å². The minimum Gasteiger partial charge on any atom is -0.372 e. The number of anilines is 2. The Hall–Kier alpha value is -2.34. The molecule has 0 aliphatic heterocycles. The molecule has 2 amide bonds. The minimum atomic E-state index is -0.176. The first kappa shape index (κ1) is 19.4. The van der Waals surface area contributed by atoms with Crippen molar-refractivity contribution in [3.05, 3.63) is 45.8 Å². The van der Waals surface area contributed by atoms with E-state index in [0.717, 1.165) is 50.0 Å². The maximum atomic E-state index is 12.8. The molecule has 1 aliphatic carbocycles. The highest BCUT2D eigenvalue weighted by Gasteiger charge is 2.26. The van der Waals surface area contributed by atoms with Crippen molar-refractivity contribution in [3.63, 3.8) is 0 Å². The van der Waals surface area contributed by atoms with Crippen LogP contribution in [0.5, 0.6) is 0 Å². The van der Waals surface area contributed by atoms with Crippen LogP contribution in [-0.2, 0) is 12.8 Å². The lowest BCUT2D eigenvalue weighted by Crippen LogP contribution is -2.22. The zero-order chi connectivity index (χ0) is 19.4. The second-order valence-electron chi connectivity index (χ2n) is 6.67. The monoisotopic (exact) mass is 385 g/mol. The number of nitrogens with zero attached hydrogens (tertiary/aromatic N) is 1. The highest BCUT2D eigenvalue weighted by molar-refractivity contribution is 7.17. The average molecular weight is 386 g/mol. The molecule has 0 saturated carbocycles. The molecule has 0 atom stereocenters. The van der Waals surface area contributed by atoms with Gasteiger partial charge in [-0.3, -0.25) is 9.59 Å². The number of nitrogens with one attached hydrogen (secondary N) is 2. The number of amides is 2. The summed E-state index contributed by atoms with van der Waals surface area (Å²) in [4.78, 5) is 28.6. The van der Waals surface area contributed by atoms with Gasteiger partial charge in [0.05, 0.1) is 5.56 Å². The van der Waals surface area contributed by atoms with Crippen molar-refractivity contribution in [3.8, 4) is 0 Å². The molecule has 144 valence electrons. The van der Waals surface area contributed by atoms with Crippen LogP contribution >= 0.6 is 11.3 Å². The predicted molar refractivity (Wildman–Crippen MR) is 112 cm³/mol. The van der Waals surface area contributed by atoms with Gasteiger partial charge >= 0.3 is 0 Å². The maximum Gasteiger partial charge on any atom is 0.256 e. The summed E-state index contributed by atoms with van der Waals surface area (Å²) in [5, 5.41) is 6.36. The molecular weight excluding hydrogens is 358 g/mol. The molecule has 2 N–H and O–H groups in total. The Morgan fingerprint density at radius 1 is 1.04 bits per heavy atom. The Kier molecular flexibility index (Phi) is 6.16. The molecule has 5 nitrogen and oxygen atoms in total. The lowest BCUT2D eigenvalue weighted by Gasteiger charge is -2.21. The minimum absolute atomic E-state index is 0.124. The normalized spacial score (nSPS) is 13.0. The fraction of sp³-hybridized carbons (Fsp3) is 0.429. The summed E-state index contributed by atoms with van der Waals surface area (Å²) in [7, 11) is 1.63. The molecule has 1 aliphatic rings. The van der Waals surface area contributed by atoms with E-state index in [9.17, 15) is 9.59 Å². The first-order valence-corrected chi connectivity index (χ1v) is 10.4. The Morgan fingerprint density at radius 2 is 1.70 bits per heavy atom. The van der Waals surface area contributed by atoms with Crippen LogP contribution in [0.15, 0.2) is 24.3 Å².